The monoisotopic (exact) mass is 345 g/mol. The van der Waals surface area contributed by atoms with Gasteiger partial charge in [-0.15, -0.1) is 0 Å². The Bertz CT molecular complexity index is 641. The first kappa shape index (κ1) is 17.9. The highest BCUT2D eigenvalue weighted by atomic mass is 32.2. The predicted molar refractivity (Wildman–Crippen MR) is 82.3 cm³/mol. The molecule has 1 aromatic heterocycles. The van der Waals surface area contributed by atoms with E-state index in [1.807, 2.05) is 20.8 Å². The molecule has 1 aliphatic rings. The Labute approximate surface area is 136 Å². The standard InChI is InChI=1S/C14H23N3O5S/c1-10(2)6-13-15-12(16-22-13)8-23(19,20)9-14(18)17-4-5-21-11(3)7-17/h10-11H,4-9H2,1-3H3/t11-/m0/s1. The fraction of sp³-hybridized carbons (Fsp3) is 0.786. The minimum absolute atomic E-state index is 0.0776. The van der Waals surface area contributed by atoms with Crippen LogP contribution in [0.15, 0.2) is 4.52 Å². The Morgan fingerprint density at radius 2 is 2.17 bits per heavy atom. The quantitative estimate of drug-likeness (QED) is 0.736. The van der Waals surface area contributed by atoms with E-state index in [9.17, 15) is 13.2 Å². The van der Waals surface area contributed by atoms with Gasteiger partial charge in [0.25, 0.3) is 0 Å². The largest absolute Gasteiger partial charge is 0.375 e. The van der Waals surface area contributed by atoms with Gasteiger partial charge in [0.2, 0.25) is 11.8 Å². The summed E-state index contributed by atoms with van der Waals surface area (Å²) in [5.74, 6) is -0.494. The van der Waals surface area contributed by atoms with E-state index in [-0.39, 0.29) is 17.7 Å². The molecular formula is C14H23N3O5S. The zero-order valence-electron chi connectivity index (χ0n) is 13.7. The van der Waals surface area contributed by atoms with Crippen molar-refractivity contribution in [2.45, 2.75) is 39.0 Å². The molecule has 0 unspecified atom stereocenters. The number of hydrogen-bond donors (Lipinski definition) is 0. The lowest BCUT2D eigenvalue weighted by atomic mass is 10.1. The van der Waals surface area contributed by atoms with Crippen LogP contribution < -0.4 is 0 Å². The van der Waals surface area contributed by atoms with Crippen LogP contribution in [0.4, 0.5) is 0 Å². The summed E-state index contributed by atoms with van der Waals surface area (Å²) in [4.78, 5) is 17.7. The number of amides is 1. The molecule has 8 nitrogen and oxygen atoms in total. The molecule has 0 spiro atoms. The van der Waals surface area contributed by atoms with Crippen molar-refractivity contribution in [1.29, 1.82) is 0 Å². The predicted octanol–water partition coefficient (Wildman–Crippen LogP) is 0.430. The average molecular weight is 345 g/mol. The number of sulfone groups is 1. The molecule has 0 N–H and O–H groups in total. The summed E-state index contributed by atoms with van der Waals surface area (Å²) in [5, 5.41) is 3.68. The fourth-order valence-electron chi connectivity index (χ4n) is 2.35. The van der Waals surface area contributed by atoms with E-state index in [1.165, 1.54) is 4.90 Å². The van der Waals surface area contributed by atoms with Gasteiger partial charge in [-0.05, 0) is 12.8 Å². The third-order valence-electron chi connectivity index (χ3n) is 3.38. The molecule has 1 aromatic rings. The van der Waals surface area contributed by atoms with Gasteiger partial charge in [0.05, 0.1) is 12.7 Å². The summed E-state index contributed by atoms with van der Waals surface area (Å²) >= 11 is 0. The number of hydrogen-bond acceptors (Lipinski definition) is 7. The van der Waals surface area contributed by atoms with Crippen LogP contribution in [0.5, 0.6) is 0 Å². The first-order valence-electron chi connectivity index (χ1n) is 7.66. The summed E-state index contributed by atoms with van der Waals surface area (Å²) in [6.07, 6.45) is 0.517. The van der Waals surface area contributed by atoms with E-state index in [0.29, 0.717) is 37.9 Å². The van der Waals surface area contributed by atoms with Crippen LogP contribution in [0.25, 0.3) is 0 Å². The molecule has 1 aliphatic heterocycles. The average Bonchev–Trinajstić information content (AvgIpc) is 2.83. The Morgan fingerprint density at radius 1 is 1.43 bits per heavy atom. The van der Waals surface area contributed by atoms with Crippen molar-refractivity contribution in [1.82, 2.24) is 15.0 Å². The third kappa shape index (κ3) is 5.58. The van der Waals surface area contributed by atoms with Crippen molar-refractivity contribution in [2.75, 3.05) is 25.4 Å². The van der Waals surface area contributed by atoms with Gasteiger partial charge in [-0.1, -0.05) is 19.0 Å². The number of morpholine rings is 1. The SMILES string of the molecule is CC(C)Cc1nc(CS(=O)(=O)CC(=O)N2CCO[C@@H](C)C2)no1. The lowest BCUT2D eigenvalue weighted by Gasteiger charge is -2.31. The number of nitrogens with zero attached hydrogens (tertiary/aromatic N) is 3. The maximum absolute atomic E-state index is 12.2. The highest BCUT2D eigenvalue weighted by molar-refractivity contribution is 7.91. The Morgan fingerprint density at radius 3 is 2.83 bits per heavy atom. The lowest BCUT2D eigenvalue weighted by molar-refractivity contribution is -0.135. The van der Waals surface area contributed by atoms with Crippen molar-refractivity contribution >= 4 is 15.7 Å². The number of carbonyl (C=O) groups is 1. The molecule has 1 amide bonds. The van der Waals surface area contributed by atoms with Crippen LogP contribution >= 0.6 is 0 Å². The van der Waals surface area contributed by atoms with Crippen molar-refractivity contribution in [3.63, 3.8) is 0 Å². The van der Waals surface area contributed by atoms with Gasteiger partial charge < -0.3 is 14.2 Å². The van der Waals surface area contributed by atoms with Crippen LogP contribution in [0.1, 0.15) is 32.5 Å². The van der Waals surface area contributed by atoms with E-state index in [4.69, 9.17) is 9.26 Å². The number of carbonyl (C=O) groups excluding carboxylic acids is 1. The molecule has 0 radical (unpaired) electrons. The molecule has 2 heterocycles. The normalized spacial score (nSPS) is 19.3. The maximum atomic E-state index is 12.2. The molecule has 1 saturated heterocycles. The van der Waals surface area contributed by atoms with Crippen LogP contribution in [-0.4, -0.2) is 60.9 Å². The molecule has 1 fully saturated rings. The summed E-state index contributed by atoms with van der Waals surface area (Å²) < 4.78 is 34.7. The Kier molecular flexibility index (Phi) is 5.74. The Balaban J connectivity index is 1.93. The molecule has 2 rings (SSSR count). The second-order valence-electron chi connectivity index (χ2n) is 6.26. The number of ether oxygens (including phenoxy) is 1. The van der Waals surface area contributed by atoms with Crippen molar-refractivity contribution in [3.8, 4) is 0 Å². The molecule has 9 heteroatoms. The molecule has 130 valence electrons. The minimum atomic E-state index is -3.63. The van der Waals surface area contributed by atoms with E-state index >= 15 is 0 Å². The van der Waals surface area contributed by atoms with E-state index in [1.54, 1.807) is 0 Å². The van der Waals surface area contributed by atoms with Gasteiger partial charge in [0, 0.05) is 19.5 Å². The second-order valence-corrected chi connectivity index (χ2v) is 8.32. The van der Waals surface area contributed by atoms with E-state index in [0.717, 1.165) is 0 Å². The molecule has 0 saturated carbocycles. The molecule has 0 bridgehead atoms. The van der Waals surface area contributed by atoms with Gasteiger partial charge in [-0.3, -0.25) is 4.79 Å². The maximum Gasteiger partial charge on any atom is 0.237 e. The third-order valence-corrected chi connectivity index (χ3v) is 4.76. The Hall–Kier alpha value is -1.48. The van der Waals surface area contributed by atoms with E-state index in [2.05, 4.69) is 10.1 Å². The second kappa shape index (κ2) is 7.39. The van der Waals surface area contributed by atoms with Crippen molar-refractivity contribution < 1.29 is 22.5 Å². The van der Waals surface area contributed by atoms with Crippen molar-refractivity contribution in [2.24, 2.45) is 5.92 Å². The molecule has 0 aromatic carbocycles. The zero-order chi connectivity index (χ0) is 17.0. The summed E-state index contributed by atoms with van der Waals surface area (Å²) in [5.41, 5.74) is 0. The highest BCUT2D eigenvalue weighted by Gasteiger charge is 2.27. The van der Waals surface area contributed by atoms with Crippen LogP contribution in [-0.2, 0) is 31.5 Å². The first-order chi connectivity index (χ1) is 10.7. The summed E-state index contributed by atoms with van der Waals surface area (Å²) in [7, 11) is -3.63. The zero-order valence-corrected chi connectivity index (χ0v) is 14.5. The smallest absolute Gasteiger partial charge is 0.237 e. The minimum Gasteiger partial charge on any atom is -0.375 e. The van der Waals surface area contributed by atoms with Crippen LogP contribution in [0, 0.1) is 5.92 Å². The van der Waals surface area contributed by atoms with Gasteiger partial charge >= 0.3 is 0 Å². The topological polar surface area (TPSA) is 103 Å². The van der Waals surface area contributed by atoms with Crippen molar-refractivity contribution in [3.05, 3.63) is 11.7 Å². The van der Waals surface area contributed by atoms with Gasteiger partial charge in [-0.2, -0.15) is 4.98 Å². The summed E-state index contributed by atoms with van der Waals surface area (Å²) in [6, 6.07) is 0. The highest BCUT2D eigenvalue weighted by Crippen LogP contribution is 2.10. The van der Waals surface area contributed by atoms with Gasteiger partial charge in [0.15, 0.2) is 15.7 Å². The van der Waals surface area contributed by atoms with Crippen LogP contribution in [0.2, 0.25) is 0 Å². The molecule has 0 aliphatic carbocycles. The fourth-order valence-corrected chi connectivity index (χ4v) is 3.52. The van der Waals surface area contributed by atoms with E-state index < -0.39 is 21.5 Å². The summed E-state index contributed by atoms with van der Waals surface area (Å²) in [6.45, 7) is 7.11. The number of aromatic nitrogens is 2. The molecule has 1 atom stereocenters. The lowest BCUT2D eigenvalue weighted by Crippen LogP contribution is -2.46. The molecular weight excluding hydrogens is 322 g/mol. The first-order valence-corrected chi connectivity index (χ1v) is 9.48. The molecule has 23 heavy (non-hydrogen) atoms. The van der Waals surface area contributed by atoms with Crippen LogP contribution in [0.3, 0.4) is 0 Å². The van der Waals surface area contributed by atoms with Gasteiger partial charge in [0.1, 0.15) is 11.5 Å². The van der Waals surface area contributed by atoms with Gasteiger partial charge in [-0.25, -0.2) is 8.42 Å². The number of rotatable bonds is 6.